The Bertz CT molecular complexity index is 1130. The molecule has 0 saturated heterocycles. The second-order valence-electron chi connectivity index (χ2n) is 6.75. The Labute approximate surface area is 174 Å². The van der Waals surface area contributed by atoms with Crippen molar-refractivity contribution in [1.29, 1.82) is 0 Å². The van der Waals surface area contributed by atoms with E-state index in [-0.39, 0.29) is 23.5 Å². The molecule has 4 nitrogen and oxygen atoms in total. The number of aromatic nitrogens is 3. The van der Waals surface area contributed by atoms with Crippen LogP contribution in [0.3, 0.4) is 0 Å². The molecule has 170 valence electrons. The van der Waals surface area contributed by atoms with E-state index >= 15 is 0 Å². The molecule has 14 heteroatoms. The van der Waals surface area contributed by atoms with Crippen LogP contribution in [0.5, 0.6) is 0 Å². The van der Waals surface area contributed by atoms with Crippen LogP contribution in [0.25, 0.3) is 5.69 Å². The van der Waals surface area contributed by atoms with E-state index in [4.69, 9.17) is 4.74 Å². The molecule has 1 aromatic heterocycles. The van der Waals surface area contributed by atoms with Gasteiger partial charge in [0.1, 0.15) is 18.8 Å². The minimum absolute atomic E-state index is 0. The van der Waals surface area contributed by atoms with Crippen molar-refractivity contribution in [3.63, 3.8) is 0 Å². The number of benzene rings is 2. The first-order valence-electron chi connectivity index (χ1n) is 8.83. The summed E-state index contributed by atoms with van der Waals surface area (Å²) in [6, 6.07) is 7.37. The zero-order valence-corrected chi connectivity index (χ0v) is 15.7. The van der Waals surface area contributed by atoms with Crippen molar-refractivity contribution in [2.45, 2.75) is 25.2 Å². The predicted octanol–water partition coefficient (Wildman–Crippen LogP) is 0.783. The van der Waals surface area contributed by atoms with Crippen LogP contribution in [0.1, 0.15) is 23.0 Å². The normalized spacial score (nSPS) is 18.0. The van der Waals surface area contributed by atoms with Crippen LogP contribution >= 0.6 is 0 Å². The summed E-state index contributed by atoms with van der Waals surface area (Å²) in [5.41, 5.74) is 0.943. The molecule has 0 unspecified atom stereocenters. The summed E-state index contributed by atoms with van der Waals surface area (Å²) >= 11 is 0. The van der Waals surface area contributed by atoms with Crippen molar-refractivity contribution in [3.8, 4) is 5.69 Å². The number of fused-ring (bicyclic) bond motifs is 5. The highest BCUT2D eigenvalue weighted by atomic mass is 19.4. The van der Waals surface area contributed by atoms with Crippen molar-refractivity contribution in [2.75, 3.05) is 0 Å². The first kappa shape index (κ1) is 23.6. The lowest BCUT2D eigenvalue weighted by Crippen LogP contribution is -3.00. The van der Waals surface area contributed by atoms with Crippen LogP contribution in [0.15, 0.2) is 30.6 Å². The maximum absolute atomic E-state index is 14.1. The zero-order valence-electron chi connectivity index (χ0n) is 15.7. The SMILES string of the molecule is FB(F)F.Fc1c(F)c(F)c(-n2c[n+]3c(n2)CO[C@H]2Cc4ccccc4[C@H]23)c(F)c1F.[F-]. The van der Waals surface area contributed by atoms with Gasteiger partial charge in [0.25, 0.3) is 0 Å². The Morgan fingerprint density at radius 1 is 0.938 bits per heavy atom. The molecule has 0 spiro atoms. The van der Waals surface area contributed by atoms with E-state index in [1.54, 1.807) is 4.57 Å². The summed E-state index contributed by atoms with van der Waals surface area (Å²) in [5, 5.41) is 4.01. The summed E-state index contributed by atoms with van der Waals surface area (Å²) in [5.74, 6) is -9.76. The fourth-order valence-electron chi connectivity index (χ4n) is 3.82. The van der Waals surface area contributed by atoms with E-state index in [0.29, 0.717) is 16.9 Å². The van der Waals surface area contributed by atoms with Crippen LogP contribution in [-0.4, -0.2) is 23.4 Å². The van der Waals surface area contributed by atoms with Crippen molar-refractivity contribution in [1.82, 2.24) is 9.78 Å². The minimum Gasteiger partial charge on any atom is -1.00 e. The first-order chi connectivity index (χ1) is 14.7. The molecular formula is C18H11BF9N3O. The van der Waals surface area contributed by atoms with E-state index in [1.807, 2.05) is 24.3 Å². The second kappa shape index (κ2) is 8.84. The smallest absolute Gasteiger partial charge is 0.762 e. The van der Waals surface area contributed by atoms with E-state index in [9.17, 15) is 34.9 Å². The molecule has 32 heavy (non-hydrogen) atoms. The van der Waals surface area contributed by atoms with Gasteiger partial charge in [-0.3, -0.25) is 12.9 Å². The molecule has 0 bridgehead atoms. The van der Waals surface area contributed by atoms with Gasteiger partial charge in [0.2, 0.25) is 41.1 Å². The van der Waals surface area contributed by atoms with E-state index in [2.05, 4.69) is 5.10 Å². The Kier molecular flexibility index (Phi) is 6.53. The van der Waals surface area contributed by atoms with E-state index in [0.717, 1.165) is 11.1 Å². The fourth-order valence-corrected chi connectivity index (χ4v) is 3.82. The van der Waals surface area contributed by atoms with E-state index in [1.165, 1.54) is 6.33 Å². The summed E-state index contributed by atoms with van der Waals surface area (Å²) < 4.78 is 106. The van der Waals surface area contributed by atoms with Gasteiger partial charge < -0.3 is 9.44 Å². The second-order valence-corrected chi connectivity index (χ2v) is 6.75. The van der Waals surface area contributed by atoms with E-state index < -0.39 is 42.3 Å². The van der Waals surface area contributed by atoms with Crippen LogP contribution in [-0.2, 0) is 17.8 Å². The highest BCUT2D eigenvalue weighted by Gasteiger charge is 2.44. The van der Waals surface area contributed by atoms with Gasteiger partial charge in [-0.15, -0.1) is 0 Å². The van der Waals surface area contributed by atoms with Crippen LogP contribution < -0.4 is 9.27 Å². The monoisotopic (exact) mass is 467 g/mol. The number of hydrogen-bond acceptors (Lipinski definition) is 2. The first-order valence-corrected chi connectivity index (χ1v) is 8.83. The lowest BCUT2D eigenvalue weighted by molar-refractivity contribution is -0.739. The summed E-state index contributed by atoms with van der Waals surface area (Å²) in [6.45, 7) is 0.0670. The largest absolute Gasteiger partial charge is 1.00 e. The lowest BCUT2D eigenvalue weighted by atomic mass is 10.1. The fraction of sp³-hybridized carbons (Fsp3) is 0.222. The highest BCUT2D eigenvalue weighted by molar-refractivity contribution is 6.33. The van der Waals surface area contributed by atoms with Crippen LogP contribution in [0.2, 0.25) is 0 Å². The number of nitrogens with zero attached hydrogens (tertiary/aromatic N) is 3. The van der Waals surface area contributed by atoms with Crippen molar-refractivity contribution < 1.29 is 48.9 Å². The summed E-state index contributed by atoms with van der Waals surface area (Å²) in [6.07, 6.45) is 1.73. The third-order valence-electron chi connectivity index (χ3n) is 5.04. The molecular weight excluding hydrogens is 456 g/mol. The summed E-state index contributed by atoms with van der Waals surface area (Å²) in [7, 11) is -3.67. The maximum Gasteiger partial charge on any atom is 0.762 e. The Balaban J connectivity index is 0.000000536. The van der Waals surface area contributed by atoms with Gasteiger partial charge in [0.05, 0.1) is 0 Å². The number of ether oxygens (including phenoxy) is 1. The molecule has 0 saturated carbocycles. The van der Waals surface area contributed by atoms with Crippen molar-refractivity contribution >= 4 is 7.54 Å². The lowest BCUT2D eigenvalue weighted by Gasteiger charge is -2.23. The molecule has 1 aliphatic heterocycles. The number of hydrogen-bond donors (Lipinski definition) is 0. The molecule has 3 aromatic rings. The molecule has 2 aromatic carbocycles. The molecule has 2 atom stereocenters. The highest BCUT2D eigenvalue weighted by Crippen LogP contribution is 2.36. The molecule has 5 rings (SSSR count). The van der Waals surface area contributed by atoms with Gasteiger partial charge in [0, 0.05) is 11.5 Å². The molecule has 1 aliphatic carbocycles. The van der Waals surface area contributed by atoms with Gasteiger partial charge in [-0.2, -0.15) is 8.78 Å². The van der Waals surface area contributed by atoms with Gasteiger partial charge in [0.15, 0.2) is 0 Å². The molecule has 0 N–H and O–H groups in total. The third-order valence-corrected chi connectivity index (χ3v) is 5.04. The number of rotatable bonds is 1. The molecule has 0 amide bonds. The zero-order chi connectivity index (χ0) is 22.4. The third kappa shape index (κ3) is 3.83. The standard InChI is InChI=1S/C18H11F5N3O.BF3.FH/c19-12-13(20)15(22)18(16(23)14(12)21)26-7-25-11(24-26)6-27-10-5-8-3-1-2-4-9(8)17(10)25;2-1(3)4;/h1-4,7,10,17H,5-6H2;;1H/q+1;;/p-1/t10-,17+;;/m0../s1. The van der Waals surface area contributed by atoms with Gasteiger partial charge in [-0.05, 0) is 11.1 Å². The molecule has 2 aliphatic rings. The average molecular weight is 467 g/mol. The molecule has 0 fully saturated rings. The van der Waals surface area contributed by atoms with Gasteiger partial charge in [-0.25, -0.2) is 17.7 Å². The average Bonchev–Trinajstić information content (AvgIpc) is 3.31. The topological polar surface area (TPSA) is 30.9 Å². The Morgan fingerprint density at radius 2 is 1.50 bits per heavy atom. The Morgan fingerprint density at radius 3 is 2.12 bits per heavy atom. The number of halogens is 9. The quantitative estimate of drug-likeness (QED) is 0.174. The predicted molar refractivity (Wildman–Crippen MR) is 89.5 cm³/mol. The van der Waals surface area contributed by atoms with Gasteiger partial charge in [-0.1, -0.05) is 28.9 Å². The van der Waals surface area contributed by atoms with Crippen molar-refractivity contribution in [2.24, 2.45) is 0 Å². The minimum atomic E-state index is -3.67. The maximum atomic E-state index is 14.1. The Hall–Kier alpha value is -3.03. The van der Waals surface area contributed by atoms with Gasteiger partial charge >= 0.3 is 13.4 Å². The van der Waals surface area contributed by atoms with Crippen molar-refractivity contribution in [3.05, 3.63) is 76.6 Å². The van der Waals surface area contributed by atoms with Crippen LogP contribution in [0.4, 0.5) is 34.9 Å². The summed E-state index contributed by atoms with van der Waals surface area (Å²) in [4.78, 5) is 0. The molecule has 0 radical (unpaired) electrons. The van der Waals surface area contributed by atoms with Crippen LogP contribution in [0, 0.1) is 29.1 Å². The molecule has 2 heterocycles.